The van der Waals surface area contributed by atoms with Crippen molar-refractivity contribution < 1.29 is 18.9 Å². The largest absolute Gasteiger partial charge is 0.611 e. The second-order valence-electron chi connectivity index (χ2n) is 5.00. The van der Waals surface area contributed by atoms with Crippen LogP contribution in [0.15, 0.2) is 60.7 Å². The second-order valence-corrected chi connectivity index (χ2v) is 5.00. The summed E-state index contributed by atoms with van der Waals surface area (Å²) < 4.78 is 23.0. The molecule has 3 aromatic rings. The molecule has 0 amide bonds. The van der Waals surface area contributed by atoms with Gasteiger partial charge >= 0.3 is 6.16 Å². The summed E-state index contributed by atoms with van der Waals surface area (Å²) in [5.74, 6) is 2.44. The van der Waals surface area contributed by atoms with Crippen LogP contribution in [0, 0.1) is 0 Å². The van der Waals surface area contributed by atoms with Crippen LogP contribution in [0.3, 0.4) is 0 Å². The van der Waals surface area contributed by atoms with E-state index in [1.165, 1.54) is 0 Å². The van der Waals surface area contributed by atoms with Crippen molar-refractivity contribution in [3.05, 3.63) is 60.7 Å². The van der Waals surface area contributed by atoms with Crippen molar-refractivity contribution >= 4 is 10.8 Å². The van der Waals surface area contributed by atoms with E-state index in [2.05, 4.69) is 0 Å². The van der Waals surface area contributed by atoms with E-state index in [0.717, 1.165) is 10.8 Å². The third-order valence-corrected chi connectivity index (χ3v) is 3.60. The topological polar surface area (TPSA) is 36.9 Å². The highest BCUT2D eigenvalue weighted by atomic mass is 17.0. The lowest BCUT2D eigenvalue weighted by Gasteiger charge is -2.17. The first-order valence-electron chi connectivity index (χ1n) is 6.69. The Kier molecular flexibility index (Phi) is 1.86. The van der Waals surface area contributed by atoms with E-state index in [1.807, 2.05) is 60.7 Å². The smallest absolute Gasteiger partial charge is 0.382 e. The molecule has 0 saturated carbocycles. The first kappa shape index (κ1) is 10.9. The van der Waals surface area contributed by atoms with Gasteiger partial charge in [-0.15, -0.1) is 0 Å². The maximum absolute atomic E-state index is 5.78. The zero-order valence-electron chi connectivity index (χ0n) is 10.9. The number of ether oxygens (including phenoxy) is 4. The zero-order chi connectivity index (χ0) is 13.9. The van der Waals surface area contributed by atoms with Crippen LogP contribution < -0.4 is 18.9 Å². The Hall–Kier alpha value is -2.88. The van der Waals surface area contributed by atoms with Gasteiger partial charge in [-0.25, -0.2) is 0 Å². The fourth-order valence-corrected chi connectivity index (χ4v) is 2.64. The number of rotatable bonds is 0. The van der Waals surface area contributed by atoms with Gasteiger partial charge in [0, 0.05) is 0 Å². The molecule has 21 heavy (non-hydrogen) atoms. The third-order valence-electron chi connectivity index (χ3n) is 3.60. The highest BCUT2D eigenvalue weighted by Gasteiger charge is 2.53. The van der Waals surface area contributed by atoms with Gasteiger partial charge in [-0.05, 0) is 35.0 Å². The van der Waals surface area contributed by atoms with Crippen LogP contribution in [0.1, 0.15) is 0 Å². The molecule has 0 aliphatic carbocycles. The molecule has 0 aromatic heterocycles. The second kappa shape index (κ2) is 3.61. The van der Waals surface area contributed by atoms with E-state index in [4.69, 9.17) is 18.9 Å². The zero-order valence-corrected chi connectivity index (χ0v) is 10.9. The maximum Gasteiger partial charge on any atom is 0.611 e. The van der Waals surface area contributed by atoms with E-state index in [1.54, 1.807) is 0 Å². The molecule has 1 spiro atoms. The van der Waals surface area contributed by atoms with Gasteiger partial charge in [0.15, 0.2) is 23.0 Å². The number of benzene rings is 3. The number of fused-ring (bicyclic) bond motifs is 3. The maximum atomic E-state index is 5.78. The van der Waals surface area contributed by atoms with Crippen LogP contribution >= 0.6 is 0 Å². The highest BCUT2D eigenvalue weighted by molar-refractivity contribution is 5.86. The van der Waals surface area contributed by atoms with Gasteiger partial charge in [0.2, 0.25) is 0 Å². The minimum absolute atomic E-state index is 0.606. The fourth-order valence-electron chi connectivity index (χ4n) is 2.64. The Labute approximate surface area is 120 Å². The molecule has 0 bridgehead atoms. The molecular weight excluding hydrogens is 268 g/mol. The van der Waals surface area contributed by atoms with Crippen molar-refractivity contribution in [2.75, 3.05) is 0 Å². The van der Waals surface area contributed by atoms with Crippen molar-refractivity contribution in [2.45, 2.75) is 6.16 Å². The number of para-hydroxylation sites is 2. The van der Waals surface area contributed by atoms with Crippen molar-refractivity contribution in [1.82, 2.24) is 0 Å². The van der Waals surface area contributed by atoms with Gasteiger partial charge < -0.3 is 18.9 Å². The average Bonchev–Trinajstić information content (AvgIpc) is 3.02. The lowest BCUT2D eigenvalue weighted by Crippen LogP contribution is -2.47. The molecule has 4 heteroatoms. The lowest BCUT2D eigenvalue weighted by atomic mass is 10.1. The van der Waals surface area contributed by atoms with Gasteiger partial charge in [0.25, 0.3) is 0 Å². The molecule has 0 saturated heterocycles. The predicted octanol–water partition coefficient (Wildman–Crippen LogP) is 3.69. The summed E-state index contributed by atoms with van der Waals surface area (Å²) in [6.45, 7) is 0. The summed E-state index contributed by atoms with van der Waals surface area (Å²) in [6, 6.07) is 19.2. The summed E-state index contributed by atoms with van der Waals surface area (Å²) in [5, 5.41) is 2.15. The van der Waals surface area contributed by atoms with Crippen LogP contribution in [-0.2, 0) is 0 Å². The van der Waals surface area contributed by atoms with E-state index in [-0.39, 0.29) is 0 Å². The lowest BCUT2D eigenvalue weighted by molar-refractivity contribution is -0.330. The Morgan fingerprint density at radius 3 is 1.48 bits per heavy atom. The molecule has 102 valence electrons. The van der Waals surface area contributed by atoms with Crippen molar-refractivity contribution in [3.63, 3.8) is 0 Å². The molecule has 0 unspecified atom stereocenters. The predicted molar refractivity (Wildman–Crippen MR) is 75.6 cm³/mol. The van der Waals surface area contributed by atoms with Gasteiger partial charge in [0.1, 0.15) is 0 Å². The Balaban J connectivity index is 1.58. The standard InChI is InChI=1S/C17H10O4/c1-2-6-12-10-16-15(9-11(12)5-1)20-17(21-16)18-13-7-3-4-8-14(13)19-17/h1-10H. The molecule has 0 fully saturated rings. The molecule has 2 aliphatic rings. The number of hydrogen-bond donors (Lipinski definition) is 0. The molecular formula is C17H10O4. The average molecular weight is 278 g/mol. The van der Waals surface area contributed by atoms with E-state index >= 15 is 0 Å². The van der Waals surface area contributed by atoms with Crippen LogP contribution in [-0.4, -0.2) is 6.16 Å². The summed E-state index contributed by atoms with van der Waals surface area (Å²) in [4.78, 5) is 0. The highest BCUT2D eigenvalue weighted by Crippen LogP contribution is 2.48. The summed E-state index contributed by atoms with van der Waals surface area (Å²) in [5.41, 5.74) is 0. The van der Waals surface area contributed by atoms with Crippen LogP contribution in [0.25, 0.3) is 10.8 Å². The van der Waals surface area contributed by atoms with Crippen molar-refractivity contribution in [3.8, 4) is 23.0 Å². The molecule has 0 N–H and O–H groups in total. The first-order chi connectivity index (χ1) is 10.3. The van der Waals surface area contributed by atoms with Gasteiger partial charge in [-0.2, -0.15) is 0 Å². The minimum atomic E-state index is -1.54. The minimum Gasteiger partial charge on any atom is -0.382 e. The molecule has 3 aromatic carbocycles. The normalized spacial score (nSPS) is 16.6. The Bertz CT molecular complexity index is 800. The molecule has 0 radical (unpaired) electrons. The fraction of sp³-hybridized carbons (Fsp3) is 0.0588. The first-order valence-corrected chi connectivity index (χ1v) is 6.69. The van der Waals surface area contributed by atoms with Crippen molar-refractivity contribution in [1.29, 1.82) is 0 Å². The van der Waals surface area contributed by atoms with Gasteiger partial charge in [0.05, 0.1) is 0 Å². The SMILES string of the molecule is c1ccc2c(c1)OC1(O2)Oc2cc3ccccc3cc2O1. The quantitative estimate of drug-likeness (QED) is 0.628. The Morgan fingerprint density at radius 2 is 0.952 bits per heavy atom. The molecule has 4 nitrogen and oxygen atoms in total. The summed E-state index contributed by atoms with van der Waals surface area (Å²) in [7, 11) is 0. The van der Waals surface area contributed by atoms with Gasteiger partial charge in [-0.3, -0.25) is 0 Å². The molecule has 2 aliphatic heterocycles. The van der Waals surface area contributed by atoms with E-state index in [9.17, 15) is 0 Å². The Morgan fingerprint density at radius 1 is 0.524 bits per heavy atom. The monoisotopic (exact) mass is 278 g/mol. The number of hydrogen-bond acceptors (Lipinski definition) is 4. The van der Waals surface area contributed by atoms with Crippen LogP contribution in [0.2, 0.25) is 0 Å². The van der Waals surface area contributed by atoms with Crippen LogP contribution in [0.5, 0.6) is 23.0 Å². The third kappa shape index (κ3) is 1.50. The van der Waals surface area contributed by atoms with E-state index in [0.29, 0.717) is 23.0 Å². The molecule has 5 rings (SSSR count). The summed E-state index contributed by atoms with van der Waals surface area (Å²) in [6.07, 6.45) is -1.54. The van der Waals surface area contributed by atoms with Crippen molar-refractivity contribution in [2.24, 2.45) is 0 Å². The summed E-state index contributed by atoms with van der Waals surface area (Å²) >= 11 is 0. The molecule has 2 heterocycles. The van der Waals surface area contributed by atoms with Gasteiger partial charge in [-0.1, -0.05) is 36.4 Å². The molecule has 0 atom stereocenters. The van der Waals surface area contributed by atoms with E-state index < -0.39 is 6.16 Å². The van der Waals surface area contributed by atoms with Crippen LogP contribution in [0.4, 0.5) is 0 Å².